The van der Waals surface area contributed by atoms with E-state index in [2.05, 4.69) is 59.2 Å². The summed E-state index contributed by atoms with van der Waals surface area (Å²) in [5.74, 6) is 4.23. The van der Waals surface area contributed by atoms with Crippen LogP contribution < -0.4 is 5.73 Å². The van der Waals surface area contributed by atoms with Gasteiger partial charge in [0.25, 0.3) is 0 Å². The molecule has 4 N–H and O–H groups in total. The highest BCUT2D eigenvalue weighted by atomic mass is 16.3. The Morgan fingerprint density at radius 2 is 1.58 bits per heavy atom. The van der Waals surface area contributed by atoms with Crippen LogP contribution in [-0.2, 0) is 0 Å². The molecular formula is C37H69N7O. The van der Waals surface area contributed by atoms with Crippen LogP contribution >= 0.6 is 0 Å². The van der Waals surface area contributed by atoms with Gasteiger partial charge in [-0.05, 0) is 93.9 Å². The Labute approximate surface area is 276 Å². The Balaban J connectivity index is 1.29. The molecule has 2 aliphatic carbocycles. The van der Waals surface area contributed by atoms with Crippen LogP contribution in [0.2, 0.25) is 0 Å². The normalized spacial score (nSPS) is 32.2. The van der Waals surface area contributed by atoms with E-state index in [0.717, 1.165) is 63.5 Å². The number of aliphatic hydroxyl groups excluding tert-OH is 1. The number of aliphatic hydroxyl groups is 1. The smallest absolute Gasteiger partial charge is 0.194 e. The number of guanidine groups is 2. The molecule has 4 fully saturated rings. The van der Waals surface area contributed by atoms with Crippen LogP contribution in [0.5, 0.6) is 0 Å². The first-order chi connectivity index (χ1) is 21.4. The van der Waals surface area contributed by atoms with Crippen LogP contribution in [0.15, 0.2) is 4.99 Å². The quantitative estimate of drug-likeness (QED) is 0.246. The van der Waals surface area contributed by atoms with E-state index in [1.54, 1.807) is 0 Å². The van der Waals surface area contributed by atoms with Gasteiger partial charge in [-0.2, -0.15) is 0 Å². The molecule has 5 atom stereocenters. The van der Waals surface area contributed by atoms with E-state index >= 15 is 0 Å². The molecule has 2 saturated carbocycles. The van der Waals surface area contributed by atoms with Gasteiger partial charge in [0.2, 0.25) is 0 Å². The van der Waals surface area contributed by atoms with E-state index in [1.807, 2.05) is 6.92 Å². The molecule has 0 bridgehead atoms. The fourth-order valence-corrected chi connectivity index (χ4v) is 9.67. The van der Waals surface area contributed by atoms with Gasteiger partial charge in [-0.25, -0.2) is 0 Å². The summed E-state index contributed by atoms with van der Waals surface area (Å²) in [7, 11) is 0. The summed E-state index contributed by atoms with van der Waals surface area (Å²) >= 11 is 0. The summed E-state index contributed by atoms with van der Waals surface area (Å²) in [6.07, 6.45) is 16.2. The highest BCUT2D eigenvalue weighted by molar-refractivity contribution is 5.80. The first kappa shape index (κ1) is 34.8. The number of nitrogens with zero attached hydrogens (tertiary/aromatic N) is 5. The summed E-state index contributed by atoms with van der Waals surface area (Å²) in [6, 6.07) is 1.24. The first-order valence-electron chi connectivity index (χ1n) is 19.0. The van der Waals surface area contributed by atoms with Crippen molar-refractivity contribution in [1.82, 2.24) is 19.6 Å². The van der Waals surface area contributed by atoms with Gasteiger partial charge in [0.05, 0.1) is 24.7 Å². The maximum Gasteiger partial charge on any atom is 0.194 e. The third kappa shape index (κ3) is 8.69. The molecule has 0 aromatic heterocycles. The molecule has 5 rings (SSSR count). The van der Waals surface area contributed by atoms with Crippen molar-refractivity contribution in [3.8, 4) is 0 Å². The van der Waals surface area contributed by atoms with Crippen molar-refractivity contribution in [2.45, 2.75) is 155 Å². The molecule has 258 valence electrons. The molecule has 3 heterocycles. The molecule has 3 aliphatic heterocycles. The van der Waals surface area contributed by atoms with Crippen LogP contribution in [0.1, 0.15) is 125 Å². The van der Waals surface area contributed by atoms with Gasteiger partial charge in [0.1, 0.15) is 0 Å². The number of nitrogens with two attached hydrogens (primary N) is 1. The van der Waals surface area contributed by atoms with E-state index in [0.29, 0.717) is 41.3 Å². The average molecular weight is 628 g/mol. The summed E-state index contributed by atoms with van der Waals surface area (Å²) in [5, 5.41) is 20.6. The predicted octanol–water partition coefficient (Wildman–Crippen LogP) is 5.99. The summed E-state index contributed by atoms with van der Waals surface area (Å²) in [4.78, 5) is 14.6. The highest BCUT2D eigenvalue weighted by Gasteiger charge is 2.44. The third-order valence-corrected chi connectivity index (χ3v) is 12.5. The molecule has 0 unspecified atom stereocenters. The number of hydrogen-bond donors (Lipinski definition) is 3. The molecule has 0 radical (unpaired) electrons. The topological polar surface area (TPSA) is 95.4 Å². The predicted molar refractivity (Wildman–Crippen MR) is 188 cm³/mol. The minimum absolute atomic E-state index is 0.0125. The Bertz CT molecular complexity index is 978. The lowest BCUT2D eigenvalue weighted by molar-refractivity contribution is 0.0854. The fraction of sp³-hybridized carbons (Fsp3) is 0.946. The Morgan fingerprint density at radius 3 is 2.22 bits per heavy atom. The number of hydrogen-bond acceptors (Lipinski definition) is 6. The monoisotopic (exact) mass is 628 g/mol. The lowest BCUT2D eigenvalue weighted by atomic mass is 9.70. The van der Waals surface area contributed by atoms with Crippen LogP contribution in [0.3, 0.4) is 0 Å². The van der Waals surface area contributed by atoms with Gasteiger partial charge in [-0.15, -0.1) is 0 Å². The number of nitrogens with one attached hydrogen (secondary N) is 1. The van der Waals surface area contributed by atoms with Gasteiger partial charge < -0.3 is 25.5 Å². The Kier molecular flexibility index (Phi) is 11.7. The lowest BCUT2D eigenvalue weighted by Gasteiger charge is -2.40. The van der Waals surface area contributed by atoms with Gasteiger partial charge in [0, 0.05) is 38.3 Å². The zero-order valence-corrected chi connectivity index (χ0v) is 29.9. The second-order valence-corrected chi connectivity index (χ2v) is 17.3. The highest BCUT2D eigenvalue weighted by Crippen LogP contribution is 2.41. The lowest BCUT2D eigenvalue weighted by Crippen LogP contribution is -2.52. The molecule has 2 saturated heterocycles. The zero-order valence-electron chi connectivity index (χ0n) is 29.9. The van der Waals surface area contributed by atoms with Crippen LogP contribution in [0.4, 0.5) is 0 Å². The number of likely N-dealkylation sites (tertiary alicyclic amines) is 1. The van der Waals surface area contributed by atoms with E-state index in [9.17, 15) is 10.5 Å². The Hall–Kier alpha value is -1.54. The average Bonchev–Trinajstić information content (AvgIpc) is 3.67. The minimum atomic E-state index is -0.438. The molecule has 5 aliphatic rings. The first-order valence-corrected chi connectivity index (χ1v) is 19.0. The van der Waals surface area contributed by atoms with Crippen molar-refractivity contribution < 1.29 is 5.11 Å². The van der Waals surface area contributed by atoms with Crippen LogP contribution in [-0.4, -0.2) is 106 Å². The second kappa shape index (κ2) is 15.1. The summed E-state index contributed by atoms with van der Waals surface area (Å²) in [5.41, 5.74) is 6.85. The van der Waals surface area contributed by atoms with E-state index in [-0.39, 0.29) is 6.04 Å². The van der Waals surface area contributed by atoms with Crippen molar-refractivity contribution in [1.29, 1.82) is 5.41 Å². The second-order valence-electron chi connectivity index (χ2n) is 17.3. The standard InChI is InChI=1S/C37H69N7O/c1-26(2)19-32-21-40-35(38)42(32)24-31-13-10-18-41(31)23-33(20-28-11-8-7-9-12-28)43-25-34(27(3)45)44(36(43)39)22-29-14-16-30(17-15-29)37(4,5)6/h26-34,39,45H,7-25H2,1-6H3,(H2,38,40)/t27-,29?,30?,31-,32+,33+,34-/m0/s1. The van der Waals surface area contributed by atoms with Crippen molar-refractivity contribution >= 4 is 11.9 Å². The molecular weight excluding hydrogens is 558 g/mol. The van der Waals surface area contributed by atoms with Gasteiger partial charge >= 0.3 is 0 Å². The summed E-state index contributed by atoms with van der Waals surface area (Å²) < 4.78 is 0. The maximum atomic E-state index is 11.0. The molecule has 0 aromatic carbocycles. The third-order valence-electron chi connectivity index (χ3n) is 12.5. The minimum Gasteiger partial charge on any atom is -0.391 e. The van der Waals surface area contributed by atoms with Gasteiger partial charge in [-0.3, -0.25) is 15.3 Å². The molecule has 8 heteroatoms. The molecule has 0 amide bonds. The van der Waals surface area contributed by atoms with Crippen molar-refractivity contribution in [3.63, 3.8) is 0 Å². The molecule has 8 nitrogen and oxygen atoms in total. The maximum absolute atomic E-state index is 11.0. The summed E-state index contributed by atoms with van der Waals surface area (Å²) in [6.45, 7) is 19.4. The zero-order chi connectivity index (χ0) is 32.3. The van der Waals surface area contributed by atoms with Crippen LogP contribution in [0.25, 0.3) is 0 Å². The van der Waals surface area contributed by atoms with E-state index < -0.39 is 6.10 Å². The molecule has 45 heavy (non-hydrogen) atoms. The van der Waals surface area contributed by atoms with Gasteiger partial charge in [-0.1, -0.05) is 66.7 Å². The molecule has 0 aromatic rings. The molecule has 0 spiro atoms. The van der Waals surface area contributed by atoms with Crippen molar-refractivity contribution in [3.05, 3.63) is 0 Å². The van der Waals surface area contributed by atoms with Crippen LogP contribution in [0, 0.1) is 34.5 Å². The van der Waals surface area contributed by atoms with E-state index in [4.69, 9.17) is 5.73 Å². The number of aliphatic imine (C=N–C) groups is 1. The van der Waals surface area contributed by atoms with E-state index in [1.165, 1.54) is 77.0 Å². The van der Waals surface area contributed by atoms with Crippen molar-refractivity contribution in [2.75, 3.05) is 39.3 Å². The number of rotatable bonds is 12. The SMILES string of the molecule is CC(C)C[C@@H]1CN=C(N)N1C[C@@H]1CCCN1C[C@@H](CC1CCCCC1)N1C[C@@H]([C@H](C)O)N(CC2CCC(C(C)(C)C)CC2)C1=N. The van der Waals surface area contributed by atoms with Gasteiger partial charge in [0.15, 0.2) is 11.9 Å². The Morgan fingerprint density at radius 1 is 0.867 bits per heavy atom. The fourth-order valence-electron chi connectivity index (χ4n) is 9.67. The largest absolute Gasteiger partial charge is 0.391 e. The van der Waals surface area contributed by atoms with Crippen molar-refractivity contribution in [2.24, 2.45) is 39.8 Å².